The monoisotopic (exact) mass is 433 g/mol. The largest absolute Gasteiger partial charge is 0.337 e. The molecule has 4 heterocycles. The van der Waals surface area contributed by atoms with Crippen LogP contribution in [-0.4, -0.2) is 66.8 Å². The molecule has 8 heteroatoms. The van der Waals surface area contributed by atoms with Gasteiger partial charge >= 0.3 is 0 Å². The summed E-state index contributed by atoms with van der Waals surface area (Å²) in [4.78, 5) is 25.3. The molecule has 2 aliphatic rings. The lowest BCUT2D eigenvalue weighted by atomic mass is 9.81. The van der Waals surface area contributed by atoms with Crippen LogP contribution < -0.4 is 4.90 Å². The standard InChI is InChI=1S/C24H31N7O/c1-27-13-10-25-22(27)19-29-11-8-24(9-12-29)23(32)31(21-16-26-28(2)18-21)15-14-30(24)17-20-6-4-3-5-7-20/h3-7,10,13,16,18H,8-9,11-12,14-15,17,19H2,1-2H3. The molecule has 0 N–H and O–H groups in total. The third kappa shape index (κ3) is 3.84. The Hall–Kier alpha value is -2.97. The minimum absolute atomic E-state index is 0.212. The number of likely N-dealkylation sites (tertiary alicyclic amines) is 1. The van der Waals surface area contributed by atoms with Crippen LogP contribution in [0.1, 0.15) is 24.2 Å². The maximum Gasteiger partial charge on any atom is 0.247 e. The van der Waals surface area contributed by atoms with Crippen LogP contribution in [0.2, 0.25) is 0 Å². The maximum atomic E-state index is 14.0. The minimum Gasteiger partial charge on any atom is -0.337 e. The van der Waals surface area contributed by atoms with Gasteiger partial charge in [-0.2, -0.15) is 5.10 Å². The van der Waals surface area contributed by atoms with E-state index >= 15 is 0 Å². The second kappa shape index (κ2) is 8.52. The molecule has 3 aromatic rings. The van der Waals surface area contributed by atoms with Gasteiger partial charge in [0.1, 0.15) is 11.4 Å². The van der Waals surface area contributed by atoms with E-state index in [1.165, 1.54) is 5.56 Å². The third-order valence-corrected chi connectivity index (χ3v) is 7.03. The Bertz CT molecular complexity index is 1060. The molecular formula is C24H31N7O. The number of piperazine rings is 1. The van der Waals surface area contributed by atoms with Crippen LogP contribution in [0.4, 0.5) is 5.69 Å². The number of hydrogen-bond donors (Lipinski definition) is 0. The molecule has 0 atom stereocenters. The summed E-state index contributed by atoms with van der Waals surface area (Å²) in [6, 6.07) is 10.5. The predicted molar refractivity (Wildman–Crippen MR) is 123 cm³/mol. The number of anilines is 1. The Balaban J connectivity index is 1.39. The summed E-state index contributed by atoms with van der Waals surface area (Å²) >= 11 is 0. The van der Waals surface area contributed by atoms with Gasteiger partial charge in [0.15, 0.2) is 0 Å². The molecule has 0 saturated carbocycles. The quantitative estimate of drug-likeness (QED) is 0.616. The smallest absolute Gasteiger partial charge is 0.247 e. The van der Waals surface area contributed by atoms with Crippen molar-refractivity contribution in [2.45, 2.75) is 31.5 Å². The van der Waals surface area contributed by atoms with Crippen molar-refractivity contribution >= 4 is 11.6 Å². The highest BCUT2D eigenvalue weighted by molar-refractivity contribution is 6.01. The van der Waals surface area contributed by atoms with Crippen LogP contribution >= 0.6 is 0 Å². The summed E-state index contributed by atoms with van der Waals surface area (Å²) in [6.07, 6.45) is 9.21. The molecule has 1 amide bonds. The number of benzene rings is 1. The molecule has 8 nitrogen and oxygen atoms in total. The Labute approximate surface area is 189 Å². The van der Waals surface area contributed by atoms with E-state index in [2.05, 4.69) is 48.7 Å². The average Bonchev–Trinajstić information content (AvgIpc) is 3.42. The van der Waals surface area contributed by atoms with Crippen LogP contribution in [0.25, 0.3) is 0 Å². The van der Waals surface area contributed by atoms with Gasteiger partial charge in [0.05, 0.1) is 18.4 Å². The summed E-state index contributed by atoms with van der Waals surface area (Å²) in [5.74, 6) is 1.28. The molecule has 1 aromatic carbocycles. The topological polar surface area (TPSA) is 62.4 Å². The normalized spacial score (nSPS) is 19.7. The van der Waals surface area contributed by atoms with E-state index in [1.54, 1.807) is 10.9 Å². The first kappa shape index (κ1) is 20.9. The zero-order valence-corrected chi connectivity index (χ0v) is 18.9. The van der Waals surface area contributed by atoms with Crippen LogP contribution in [0.15, 0.2) is 55.1 Å². The summed E-state index contributed by atoms with van der Waals surface area (Å²) in [6.45, 7) is 4.92. The lowest BCUT2D eigenvalue weighted by Gasteiger charge is -2.52. The third-order valence-electron chi connectivity index (χ3n) is 7.03. The molecule has 2 fully saturated rings. The molecule has 5 rings (SSSR count). The number of amides is 1. The maximum absolute atomic E-state index is 14.0. The number of imidazole rings is 1. The first-order valence-corrected chi connectivity index (χ1v) is 11.3. The lowest BCUT2D eigenvalue weighted by molar-refractivity contribution is -0.138. The molecule has 0 radical (unpaired) electrons. The number of carbonyl (C=O) groups is 1. The zero-order chi connectivity index (χ0) is 22.1. The Kier molecular flexibility index (Phi) is 5.57. The average molecular weight is 434 g/mol. The number of carbonyl (C=O) groups excluding carboxylic acids is 1. The number of aromatic nitrogens is 4. The summed E-state index contributed by atoms with van der Waals surface area (Å²) < 4.78 is 3.84. The molecule has 1 spiro atoms. The Morgan fingerprint density at radius 1 is 1.00 bits per heavy atom. The van der Waals surface area contributed by atoms with Crippen molar-refractivity contribution in [2.24, 2.45) is 14.1 Å². The SMILES string of the molecule is Cn1cc(N2CCN(Cc3ccccc3)C3(CCN(Cc4nccn4C)CC3)C2=O)cn1. The Morgan fingerprint density at radius 2 is 1.78 bits per heavy atom. The number of piperidine rings is 1. The van der Waals surface area contributed by atoms with Crippen molar-refractivity contribution in [1.29, 1.82) is 0 Å². The number of rotatable bonds is 5. The minimum atomic E-state index is -0.484. The van der Waals surface area contributed by atoms with Gasteiger partial charge in [-0.05, 0) is 18.4 Å². The van der Waals surface area contributed by atoms with E-state index in [0.29, 0.717) is 6.54 Å². The van der Waals surface area contributed by atoms with Gasteiger partial charge < -0.3 is 9.47 Å². The Morgan fingerprint density at radius 3 is 2.44 bits per heavy atom. The molecule has 32 heavy (non-hydrogen) atoms. The van der Waals surface area contributed by atoms with Crippen molar-refractivity contribution in [2.75, 3.05) is 31.1 Å². The fraction of sp³-hybridized carbons (Fsp3) is 0.458. The number of hydrogen-bond acceptors (Lipinski definition) is 5. The van der Waals surface area contributed by atoms with Crippen LogP contribution in [0.3, 0.4) is 0 Å². The van der Waals surface area contributed by atoms with E-state index < -0.39 is 5.54 Å². The van der Waals surface area contributed by atoms with Crippen molar-refractivity contribution in [3.8, 4) is 0 Å². The number of nitrogens with zero attached hydrogens (tertiary/aromatic N) is 7. The van der Waals surface area contributed by atoms with E-state index in [0.717, 1.165) is 57.1 Å². The van der Waals surface area contributed by atoms with Gasteiger partial charge in [0, 0.05) is 65.4 Å². The van der Waals surface area contributed by atoms with Gasteiger partial charge in [0.2, 0.25) is 5.91 Å². The molecule has 0 bridgehead atoms. The summed E-state index contributed by atoms with van der Waals surface area (Å²) in [7, 11) is 3.93. The zero-order valence-electron chi connectivity index (χ0n) is 18.9. The first-order valence-electron chi connectivity index (χ1n) is 11.3. The van der Waals surface area contributed by atoms with Gasteiger partial charge in [0.25, 0.3) is 0 Å². The van der Waals surface area contributed by atoms with Crippen molar-refractivity contribution in [1.82, 2.24) is 29.1 Å². The highest BCUT2D eigenvalue weighted by atomic mass is 16.2. The second-order valence-electron chi connectivity index (χ2n) is 9.00. The fourth-order valence-electron chi connectivity index (χ4n) is 5.11. The predicted octanol–water partition coefficient (Wildman–Crippen LogP) is 2.04. The molecular weight excluding hydrogens is 402 g/mol. The van der Waals surface area contributed by atoms with Crippen LogP contribution in [0, 0.1) is 0 Å². The van der Waals surface area contributed by atoms with Gasteiger partial charge in [-0.25, -0.2) is 4.98 Å². The summed E-state index contributed by atoms with van der Waals surface area (Å²) in [5.41, 5.74) is 1.67. The van der Waals surface area contributed by atoms with E-state index in [4.69, 9.17) is 0 Å². The summed E-state index contributed by atoms with van der Waals surface area (Å²) in [5, 5.41) is 4.30. The van der Waals surface area contributed by atoms with Crippen LogP contribution in [-0.2, 0) is 32.0 Å². The first-order chi connectivity index (χ1) is 15.5. The highest BCUT2D eigenvalue weighted by Gasteiger charge is 2.51. The van der Waals surface area contributed by atoms with E-state index in [1.807, 2.05) is 43.7 Å². The molecule has 0 unspecified atom stereocenters. The van der Waals surface area contributed by atoms with Crippen molar-refractivity contribution in [3.05, 3.63) is 66.5 Å². The van der Waals surface area contributed by atoms with Gasteiger partial charge in [-0.1, -0.05) is 30.3 Å². The number of aryl methyl sites for hydroxylation is 2. The lowest BCUT2D eigenvalue weighted by Crippen LogP contribution is -2.68. The molecule has 168 valence electrons. The fourth-order valence-corrected chi connectivity index (χ4v) is 5.11. The van der Waals surface area contributed by atoms with Gasteiger partial charge in [-0.15, -0.1) is 0 Å². The molecule has 2 aliphatic heterocycles. The van der Waals surface area contributed by atoms with E-state index in [9.17, 15) is 4.79 Å². The molecule has 2 saturated heterocycles. The van der Waals surface area contributed by atoms with Crippen molar-refractivity contribution < 1.29 is 4.79 Å². The van der Waals surface area contributed by atoms with Crippen molar-refractivity contribution in [3.63, 3.8) is 0 Å². The van der Waals surface area contributed by atoms with E-state index in [-0.39, 0.29) is 5.91 Å². The molecule has 2 aromatic heterocycles. The second-order valence-corrected chi connectivity index (χ2v) is 9.00. The van der Waals surface area contributed by atoms with Gasteiger partial charge in [-0.3, -0.25) is 19.3 Å². The van der Waals surface area contributed by atoms with Crippen LogP contribution in [0.5, 0.6) is 0 Å². The highest BCUT2D eigenvalue weighted by Crippen LogP contribution is 2.37. The molecule has 0 aliphatic carbocycles.